The molecule has 0 spiro atoms. The molecule has 0 aliphatic carbocycles. The maximum absolute atomic E-state index is 11.6. The minimum atomic E-state index is -0.686. The summed E-state index contributed by atoms with van der Waals surface area (Å²) in [6.07, 6.45) is 12.4. The fraction of sp³-hybridized carbons (Fsp3) is 0.882. The van der Waals surface area contributed by atoms with Crippen LogP contribution in [0.4, 0.5) is 0 Å². The Bertz CT molecular complexity index is 314. The molecule has 0 aromatic heterocycles. The molecule has 0 aromatic rings. The van der Waals surface area contributed by atoms with E-state index < -0.39 is 5.97 Å². The third-order valence-corrected chi connectivity index (χ3v) is 4.22. The Morgan fingerprint density at radius 1 is 0.913 bits per heavy atom. The number of thiol groups is 1. The van der Waals surface area contributed by atoms with E-state index in [0.717, 1.165) is 45.1 Å². The number of carbonyl (C=O) groups is 2. The highest BCUT2D eigenvalue weighted by molar-refractivity contribution is 7.80. The Labute approximate surface area is 146 Å². The number of hydrogen-bond donors (Lipinski definition) is 4. The Kier molecular flexibility index (Phi) is 15.6. The van der Waals surface area contributed by atoms with Crippen molar-refractivity contribution in [2.75, 3.05) is 12.3 Å². The number of unbranched alkanes of at least 4 members (excludes halogenated alkanes) is 9. The van der Waals surface area contributed by atoms with Crippen LogP contribution in [0.1, 0.15) is 77.0 Å². The molecule has 0 bridgehead atoms. The van der Waals surface area contributed by atoms with Gasteiger partial charge in [0.25, 0.3) is 5.91 Å². The first-order chi connectivity index (χ1) is 11.1. The monoisotopic (exact) mass is 347 g/mol. The summed E-state index contributed by atoms with van der Waals surface area (Å²) in [7, 11) is 0. The fourth-order valence-corrected chi connectivity index (χ4v) is 2.77. The zero-order valence-corrected chi connectivity index (χ0v) is 15.3. The molecule has 0 aromatic carbocycles. The summed E-state index contributed by atoms with van der Waals surface area (Å²) in [6, 6.07) is -0.178. The topological polar surface area (TPSA) is 94.0 Å². The summed E-state index contributed by atoms with van der Waals surface area (Å²) in [5.41, 5.74) is 3.82. The van der Waals surface area contributed by atoms with Crippen LogP contribution in [-0.4, -0.2) is 35.3 Å². The van der Waals surface area contributed by atoms with Crippen molar-refractivity contribution < 1.29 is 20.4 Å². The van der Waals surface area contributed by atoms with Crippen molar-refractivity contribution in [3.05, 3.63) is 0 Å². The maximum atomic E-state index is 11.6. The highest BCUT2D eigenvalue weighted by atomic mass is 32.1. The van der Waals surface area contributed by atoms with Crippen molar-refractivity contribution in [2.24, 2.45) is 0 Å². The van der Waals surface area contributed by atoms with E-state index >= 15 is 0 Å². The van der Waals surface area contributed by atoms with Crippen molar-refractivity contribution in [2.45, 2.75) is 83.1 Å². The normalized spacial score (nSPS) is 12.1. The lowest BCUT2D eigenvalue weighted by Crippen LogP contribution is -2.67. The molecular weight excluding hydrogens is 312 g/mol. The van der Waals surface area contributed by atoms with Gasteiger partial charge in [-0.1, -0.05) is 51.4 Å². The fourth-order valence-electron chi connectivity index (χ4n) is 2.46. The third-order valence-electron chi connectivity index (χ3n) is 3.97. The minimum absolute atomic E-state index is 0.0435. The molecule has 5 N–H and O–H groups in total. The molecule has 0 saturated carbocycles. The van der Waals surface area contributed by atoms with Crippen molar-refractivity contribution in [1.82, 2.24) is 5.32 Å². The van der Waals surface area contributed by atoms with Gasteiger partial charge in [0.15, 0.2) is 6.04 Å². The zero-order chi connectivity index (χ0) is 17.3. The average molecular weight is 348 g/mol. The summed E-state index contributed by atoms with van der Waals surface area (Å²) in [5, 5.41) is 11.5. The van der Waals surface area contributed by atoms with Crippen LogP contribution in [-0.2, 0) is 9.59 Å². The first-order valence-electron chi connectivity index (χ1n) is 9.01. The van der Waals surface area contributed by atoms with E-state index in [-0.39, 0.29) is 11.9 Å². The molecule has 1 amide bonds. The van der Waals surface area contributed by atoms with Crippen LogP contribution < -0.4 is 11.1 Å². The molecule has 5 nitrogen and oxygen atoms in total. The van der Waals surface area contributed by atoms with Crippen LogP contribution in [0, 0.1) is 0 Å². The number of carbonyl (C=O) groups excluding carboxylic acids is 1. The molecule has 0 saturated heterocycles. The molecule has 23 heavy (non-hydrogen) atoms. The number of quaternary nitrogens is 1. The molecule has 0 heterocycles. The van der Waals surface area contributed by atoms with Gasteiger partial charge in [0.2, 0.25) is 0 Å². The van der Waals surface area contributed by atoms with Crippen LogP contribution in [0.15, 0.2) is 0 Å². The summed E-state index contributed by atoms with van der Waals surface area (Å²) < 4.78 is 0. The van der Waals surface area contributed by atoms with Crippen LogP contribution in [0.25, 0.3) is 0 Å². The van der Waals surface area contributed by atoms with Gasteiger partial charge in [-0.05, 0) is 18.6 Å². The van der Waals surface area contributed by atoms with Crippen molar-refractivity contribution in [3.8, 4) is 0 Å². The van der Waals surface area contributed by atoms with E-state index in [1.165, 1.54) is 32.1 Å². The van der Waals surface area contributed by atoms with E-state index in [1.54, 1.807) is 0 Å². The van der Waals surface area contributed by atoms with Crippen LogP contribution in [0.3, 0.4) is 0 Å². The van der Waals surface area contributed by atoms with Crippen molar-refractivity contribution in [1.29, 1.82) is 0 Å². The number of aliphatic carboxylic acids is 1. The standard InChI is InChI=1S/C17H34N2O3S/c18-15(12-14-23)17(22)19-13-10-8-6-4-2-1-3-5-7-9-11-16(20)21/h15,23H,1-14,18H2,(H,19,22)(H,20,21)/p+1. The molecular formula is C17H35N2O3S+. The Balaban J connectivity index is 3.19. The molecule has 0 fully saturated rings. The first-order valence-corrected chi connectivity index (χ1v) is 9.64. The molecule has 0 aliphatic heterocycles. The second-order valence-electron chi connectivity index (χ2n) is 6.18. The second-order valence-corrected chi connectivity index (χ2v) is 6.63. The average Bonchev–Trinajstić information content (AvgIpc) is 2.51. The highest BCUT2D eigenvalue weighted by Gasteiger charge is 2.14. The van der Waals surface area contributed by atoms with Gasteiger partial charge in [-0.2, -0.15) is 12.6 Å². The number of amides is 1. The van der Waals surface area contributed by atoms with E-state index in [2.05, 4.69) is 23.7 Å². The molecule has 136 valence electrons. The molecule has 1 atom stereocenters. The van der Waals surface area contributed by atoms with Crippen LogP contribution in [0.2, 0.25) is 0 Å². The third kappa shape index (κ3) is 15.9. The smallest absolute Gasteiger partial charge is 0.303 e. The molecule has 0 aliphatic rings. The van der Waals surface area contributed by atoms with E-state index in [9.17, 15) is 9.59 Å². The lowest BCUT2D eigenvalue weighted by atomic mass is 10.1. The summed E-state index contributed by atoms with van der Waals surface area (Å²) in [6.45, 7) is 0.751. The Hall–Kier alpha value is -0.750. The Morgan fingerprint density at radius 3 is 1.87 bits per heavy atom. The zero-order valence-electron chi connectivity index (χ0n) is 14.4. The SMILES string of the molecule is [NH3+]C(CCS)C(=O)NCCCCCCCCCCCCC(=O)O. The molecule has 1 unspecified atom stereocenters. The second kappa shape index (κ2) is 16.1. The predicted octanol–water partition coefficient (Wildman–Crippen LogP) is 2.41. The van der Waals surface area contributed by atoms with Crippen LogP contribution >= 0.6 is 12.6 Å². The summed E-state index contributed by atoms with van der Waals surface area (Å²) >= 11 is 4.11. The van der Waals surface area contributed by atoms with Gasteiger partial charge in [-0.3, -0.25) is 9.59 Å². The van der Waals surface area contributed by atoms with Gasteiger partial charge >= 0.3 is 5.97 Å². The number of rotatable bonds is 16. The van der Waals surface area contributed by atoms with E-state index in [4.69, 9.17) is 5.11 Å². The lowest BCUT2D eigenvalue weighted by molar-refractivity contribution is -0.403. The number of nitrogens with one attached hydrogen (secondary N) is 1. The van der Waals surface area contributed by atoms with Crippen LogP contribution in [0.5, 0.6) is 0 Å². The maximum Gasteiger partial charge on any atom is 0.303 e. The van der Waals surface area contributed by atoms with Gasteiger partial charge in [-0.25, -0.2) is 0 Å². The quantitative estimate of drug-likeness (QED) is 0.255. The summed E-state index contributed by atoms with van der Waals surface area (Å²) in [4.78, 5) is 22.0. The highest BCUT2D eigenvalue weighted by Crippen LogP contribution is 2.11. The van der Waals surface area contributed by atoms with E-state index in [0.29, 0.717) is 12.2 Å². The van der Waals surface area contributed by atoms with Gasteiger partial charge in [0.05, 0.1) is 0 Å². The van der Waals surface area contributed by atoms with Gasteiger partial charge in [0, 0.05) is 19.4 Å². The minimum Gasteiger partial charge on any atom is -0.481 e. The van der Waals surface area contributed by atoms with Gasteiger partial charge in [0.1, 0.15) is 0 Å². The van der Waals surface area contributed by atoms with Crippen molar-refractivity contribution in [3.63, 3.8) is 0 Å². The first kappa shape index (κ1) is 22.2. The Morgan fingerprint density at radius 2 is 1.39 bits per heavy atom. The predicted molar refractivity (Wildman–Crippen MR) is 96.6 cm³/mol. The number of hydrogen-bond acceptors (Lipinski definition) is 3. The number of carboxylic acid groups (broad SMARTS) is 1. The lowest BCUT2D eigenvalue weighted by Gasteiger charge is -2.08. The van der Waals surface area contributed by atoms with Gasteiger partial charge < -0.3 is 16.2 Å². The summed E-state index contributed by atoms with van der Waals surface area (Å²) in [5.74, 6) is 0.0526. The van der Waals surface area contributed by atoms with E-state index in [1.807, 2.05) is 0 Å². The number of carboxylic acids is 1. The molecule has 6 heteroatoms. The molecule has 0 rings (SSSR count). The largest absolute Gasteiger partial charge is 0.481 e. The molecule has 0 radical (unpaired) electrons. The van der Waals surface area contributed by atoms with Crippen molar-refractivity contribution >= 4 is 24.5 Å². The van der Waals surface area contributed by atoms with Gasteiger partial charge in [-0.15, -0.1) is 0 Å².